The highest BCUT2D eigenvalue weighted by molar-refractivity contribution is 14.1. The summed E-state index contributed by atoms with van der Waals surface area (Å²) in [6, 6.07) is 9.65. The lowest BCUT2D eigenvalue weighted by molar-refractivity contribution is 0.0716. The van der Waals surface area contributed by atoms with Gasteiger partial charge in [-0.1, -0.05) is 24.8 Å². The SMILES string of the molecule is C=Cc1ccc(OCCOc2c(I)cc(C(=O)Oc3c(F)c(F)c(S(=O)(=O)[O-])c(F)c3F)cc2I)cc1. The van der Waals surface area contributed by atoms with Gasteiger partial charge in [0, 0.05) is 0 Å². The molecule has 0 aliphatic carbocycles. The molecule has 3 aromatic rings. The van der Waals surface area contributed by atoms with E-state index in [2.05, 4.69) is 11.3 Å². The van der Waals surface area contributed by atoms with Gasteiger partial charge in [-0.15, -0.1) is 0 Å². The fourth-order valence-electron chi connectivity index (χ4n) is 2.87. The van der Waals surface area contributed by atoms with Crippen LogP contribution in [0.2, 0.25) is 0 Å². The molecule has 196 valence electrons. The molecule has 0 spiro atoms. The zero-order valence-electron chi connectivity index (χ0n) is 18.2. The number of halogens is 6. The Morgan fingerprint density at radius 3 is 1.89 bits per heavy atom. The minimum Gasteiger partial charge on any atom is -0.744 e. The Morgan fingerprint density at radius 1 is 0.892 bits per heavy atom. The smallest absolute Gasteiger partial charge is 0.343 e. The van der Waals surface area contributed by atoms with E-state index in [-0.39, 0.29) is 18.8 Å². The Balaban J connectivity index is 1.73. The summed E-state index contributed by atoms with van der Waals surface area (Å²) in [5.74, 6) is -12.0. The van der Waals surface area contributed by atoms with Gasteiger partial charge < -0.3 is 18.8 Å². The predicted molar refractivity (Wildman–Crippen MR) is 139 cm³/mol. The Hall–Kier alpha value is -2.44. The van der Waals surface area contributed by atoms with Crippen LogP contribution in [0.3, 0.4) is 0 Å². The third-order valence-corrected chi connectivity index (χ3v) is 7.04. The van der Waals surface area contributed by atoms with Crippen LogP contribution in [0.5, 0.6) is 17.2 Å². The second kappa shape index (κ2) is 12.0. The molecule has 0 aromatic heterocycles. The van der Waals surface area contributed by atoms with Crippen molar-refractivity contribution in [2.75, 3.05) is 13.2 Å². The van der Waals surface area contributed by atoms with Crippen molar-refractivity contribution in [2.24, 2.45) is 0 Å². The molecule has 3 aromatic carbocycles. The first-order valence-electron chi connectivity index (χ1n) is 9.86. The molecule has 0 bridgehead atoms. The largest absolute Gasteiger partial charge is 0.744 e. The predicted octanol–water partition coefficient (Wildman–Crippen LogP) is 5.68. The van der Waals surface area contributed by atoms with Crippen LogP contribution in [0.15, 0.2) is 47.9 Å². The number of benzene rings is 3. The van der Waals surface area contributed by atoms with Gasteiger partial charge in [-0.05, 0) is 75.0 Å². The number of carbonyl (C=O) groups is 1. The maximum absolute atomic E-state index is 14.2. The molecule has 0 aliphatic rings. The summed E-state index contributed by atoms with van der Waals surface area (Å²) in [7, 11) is -5.90. The zero-order valence-corrected chi connectivity index (χ0v) is 23.3. The normalized spacial score (nSPS) is 11.2. The highest BCUT2D eigenvalue weighted by Crippen LogP contribution is 2.34. The number of hydrogen-bond donors (Lipinski definition) is 0. The molecule has 0 amide bonds. The lowest BCUT2D eigenvalue weighted by Gasteiger charge is -2.15. The van der Waals surface area contributed by atoms with Crippen LogP contribution in [-0.4, -0.2) is 32.2 Å². The molecule has 0 N–H and O–H groups in total. The van der Waals surface area contributed by atoms with Crippen LogP contribution < -0.4 is 14.2 Å². The fourth-order valence-corrected chi connectivity index (χ4v) is 5.57. The first-order valence-corrected chi connectivity index (χ1v) is 13.4. The van der Waals surface area contributed by atoms with Gasteiger partial charge in [-0.3, -0.25) is 0 Å². The summed E-state index contributed by atoms with van der Waals surface area (Å²) in [6.07, 6.45) is 1.69. The Morgan fingerprint density at radius 2 is 1.41 bits per heavy atom. The third-order valence-electron chi connectivity index (χ3n) is 4.58. The number of carbonyl (C=O) groups excluding carboxylic acids is 1. The molecule has 37 heavy (non-hydrogen) atoms. The average Bonchev–Trinajstić information content (AvgIpc) is 2.83. The van der Waals surface area contributed by atoms with E-state index in [1.165, 1.54) is 12.1 Å². The van der Waals surface area contributed by atoms with Gasteiger partial charge in [-0.25, -0.2) is 22.0 Å². The van der Waals surface area contributed by atoms with Crippen molar-refractivity contribution in [2.45, 2.75) is 4.90 Å². The molecule has 0 unspecified atom stereocenters. The lowest BCUT2D eigenvalue weighted by Crippen LogP contribution is -2.16. The van der Waals surface area contributed by atoms with Gasteiger partial charge in [0.15, 0.2) is 11.6 Å². The summed E-state index contributed by atoms with van der Waals surface area (Å²) in [6.45, 7) is 3.98. The maximum atomic E-state index is 14.2. The van der Waals surface area contributed by atoms with Crippen LogP contribution in [0.1, 0.15) is 15.9 Å². The van der Waals surface area contributed by atoms with Crippen molar-refractivity contribution in [1.29, 1.82) is 0 Å². The molecule has 0 fully saturated rings. The fraction of sp³-hybridized carbons (Fsp3) is 0.0870. The van der Waals surface area contributed by atoms with Crippen LogP contribution in [0.25, 0.3) is 6.08 Å². The lowest BCUT2D eigenvalue weighted by atomic mass is 10.2. The summed E-state index contributed by atoms with van der Waals surface area (Å²) < 4.78 is 105. The second-order valence-electron chi connectivity index (χ2n) is 7.00. The minimum atomic E-state index is -5.90. The summed E-state index contributed by atoms with van der Waals surface area (Å²) in [4.78, 5) is 10.1. The summed E-state index contributed by atoms with van der Waals surface area (Å²) >= 11 is 3.65. The van der Waals surface area contributed by atoms with Crippen molar-refractivity contribution < 1.29 is 49.5 Å². The highest BCUT2D eigenvalue weighted by Gasteiger charge is 2.31. The number of rotatable bonds is 9. The third kappa shape index (κ3) is 6.71. The summed E-state index contributed by atoms with van der Waals surface area (Å²) in [5.41, 5.74) is 0.666. The molecule has 7 nitrogen and oxygen atoms in total. The van der Waals surface area contributed by atoms with Gasteiger partial charge in [-0.2, -0.15) is 8.78 Å². The van der Waals surface area contributed by atoms with Crippen molar-refractivity contribution in [3.8, 4) is 17.2 Å². The highest BCUT2D eigenvalue weighted by atomic mass is 127. The van der Waals surface area contributed by atoms with E-state index >= 15 is 0 Å². The van der Waals surface area contributed by atoms with E-state index < -0.39 is 50.0 Å². The van der Waals surface area contributed by atoms with E-state index in [1.807, 2.05) is 57.3 Å². The number of ether oxygens (including phenoxy) is 3. The Kier molecular flexibility index (Phi) is 9.41. The van der Waals surface area contributed by atoms with Crippen LogP contribution in [0.4, 0.5) is 17.6 Å². The minimum absolute atomic E-state index is 0.128. The standard InChI is InChI=1S/C23H14F4I2O7S/c1-2-11-3-5-13(6-4-11)34-7-8-35-20-14(28)9-12(10-15(20)29)23(30)36-21-16(24)18(26)22(37(31,32)33)19(27)17(21)25/h2-6,9-10H,1,7-8H2,(H,31,32,33)/p-1. The van der Waals surface area contributed by atoms with Crippen LogP contribution in [0, 0.1) is 30.4 Å². The number of esters is 1. The van der Waals surface area contributed by atoms with E-state index in [0.29, 0.717) is 18.6 Å². The quantitative estimate of drug-likeness (QED) is 0.0527. The van der Waals surface area contributed by atoms with Crippen molar-refractivity contribution in [3.05, 3.63) is 84.5 Å². The molecule has 0 radical (unpaired) electrons. The van der Waals surface area contributed by atoms with E-state index in [9.17, 15) is 35.3 Å². The molecule has 14 heteroatoms. The van der Waals surface area contributed by atoms with Crippen molar-refractivity contribution >= 4 is 67.3 Å². The maximum Gasteiger partial charge on any atom is 0.343 e. The van der Waals surface area contributed by atoms with E-state index in [0.717, 1.165) is 5.56 Å². The topological polar surface area (TPSA) is 102 Å². The van der Waals surface area contributed by atoms with Crippen molar-refractivity contribution in [1.82, 2.24) is 0 Å². The molecule has 0 heterocycles. The van der Waals surface area contributed by atoms with Gasteiger partial charge >= 0.3 is 5.97 Å². The zero-order chi connectivity index (χ0) is 27.5. The molecule has 0 saturated heterocycles. The molecule has 3 rings (SSSR count). The van der Waals surface area contributed by atoms with Gasteiger partial charge in [0.2, 0.25) is 17.4 Å². The molecule has 0 atom stereocenters. The molecule has 0 saturated carbocycles. The van der Waals surface area contributed by atoms with Crippen LogP contribution in [-0.2, 0) is 10.1 Å². The van der Waals surface area contributed by atoms with E-state index in [1.54, 1.807) is 18.2 Å². The van der Waals surface area contributed by atoms with E-state index in [4.69, 9.17) is 9.47 Å². The Labute approximate surface area is 235 Å². The first-order chi connectivity index (χ1) is 17.3. The van der Waals surface area contributed by atoms with Gasteiger partial charge in [0.1, 0.15) is 39.7 Å². The first kappa shape index (κ1) is 29.1. The summed E-state index contributed by atoms with van der Waals surface area (Å²) in [5, 5.41) is 0. The molecule has 0 aliphatic heterocycles. The number of hydrogen-bond acceptors (Lipinski definition) is 7. The van der Waals surface area contributed by atoms with Gasteiger partial charge in [0.25, 0.3) is 0 Å². The molecular formula is C23H13F4I2O7S-. The molecular weight excluding hydrogens is 750 g/mol. The second-order valence-corrected chi connectivity index (χ2v) is 10.6. The average molecular weight is 763 g/mol. The van der Waals surface area contributed by atoms with Crippen LogP contribution >= 0.6 is 45.2 Å². The van der Waals surface area contributed by atoms with Gasteiger partial charge in [0.05, 0.1) is 12.7 Å². The van der Waals surface area contributed by atoms with Crippen molar-refractivity contribution in [3.63, 3.8) is 0 Å². The Bertz CT molecular complexity index is 1430. The monoisotopic (exact) mass is 763 g/mol.